The summed E-state index contributed by atoms with van der Waals surface area (Å²) in [7, 11) is 1.62. The first-order chi connectivity index (χ1) is 6.63. The number of ether oxygens (including phenoxy) is 2. The molecule has 0 bridgehead atoms. The molecule has 0 fully saturated rings. The van der Waals surface area contributed by atoms with Crippen LogP contribution in [0.5, 0.6) is 11.5 Å². The molecule has 1 aromatic rings. The maximum atomic E-state index is 9.23. The fourth-order valence-corrected chi connectivity index (χ4v) is 0.967. The lowest BCUT2D eigenvalue weighted by Gasteiger charge is -2.17. The topological polar surface area (TPSA) is 38.7 Å². The van der Waals surface area contributed by atoms with Gasteiger partial charge in [-0.05, 0) is 38.1 Å². The molecule has 0 aliphatic rings. The highest BCUT2D eigenvalue weighted by atomic mass is 16.5. The van der Waals surface area contributed by atoms with Crippen molar-refractivity contribution in [2.24, 2.45) is 0 Å². The van der Waals surface area contributed by atoms with Crippen LogP contribution in [0.1, 0.15) is 13.8 Å². The van der Waals surface area contributed by atoms with Crippen molar-refractivity contribution in [3.8, 4) is 11.5 Å². The van der Waals surface area contributed by atoms with E-state index in [0.29, 0.717) is 0 Å². The average Bonchev–Trinajstić information content (AvgIpc) is 2.19. The van der Waals surface area contributed by atoms with Crippen LogP contribution < -0.4 is 9.47 Å². The van der Waals surface area contributed by atoms with Crippen molar-refractivity contribution in [3.05, 3.63) is 24.3 Å². The minimum Gasteiger partial charge on any atom is -0.497 e. The lowest BCUT2D eigenvalue weighted by molar-refractivity contribution is 0.0604. The minimum absolute atomic E-state index is 0.205. The summed E-state index contributed by atoms with van der Waals surface area (Å²) in [6, 6.07) is 7.28. The van der Waals surface area contributed by atoms with Crippen LogP contribution in [-0.2, 0) is 0 Å². The normalized spacial score (nSPS) is 14.6. The van der Waals surface area contributed by atoms with Crippen molar-refractivity contribution < 1.29 is 14.6 Å². The van der Waals surface area contributed by atoms with E-state index in [1.54, 1.807) is 14.0 Å². The fraction of sp³-hybridized carbons (Fsp3) is 0.455. The minimum atomic E-state index is -0.475. The number of benzene rings is 1. The summed E-state index contributed by atoms with van der Waals surface area (Å²) in [6.45, 7) is 3.53. The van der Waals surface area contributed by atoms with E-state index in [4.69, 9.17) is 9.47 Å². The van der Waals surface area contributed by atoms with Crippen molar-refractivity contribution in [3.63, 3.8) is 0 Å². The molecule has 1 rings (SSSR count). The molecule has 0 radical (unpaired) electrons. The van der Waals surface area contributed by atoms with E-state index >= 15 is 0 Å². The second-order valence-corrected chi connectivity index (χ2v) is 3.24. The Morgan fingerprint density at radius 2 is 1.57 bits per heavy atom. The third-order valence-corrected chi connectivity index (χ3v) is 2.06. The SMILES string of the molecule is COc1ccc(OC(C)C(C)O)cc1. The Bertz CT molecular complexity index is 266. The molecule has 3 nitrogen and oxygen atoms in total. The first kappa shape index (κ1) is 10.9. The van der Waals surface area contributed by atoms with Crippen LogP contribution in [0.25, 0.3) is 0 Å². The highest BCUT2D eigenvalue weighted by Gasteiger charge is 2.09. The fourth-order valence-electron chi connectivity index (χ4n) is 0.967. The van der Waals surface area contributed by atoms with Crippen LogP contribution in [0.4, 0.5) is 0 Å². The lowest BCUT2D eigenvalue weighted by Crippen LogP contribution is -2.25. The zero-order valence-electron chi connectivity index (χ0n) is 8.73. The van der Waals surface area contributed by atoms with Gasteiger partial charge in [0.05, 0.1) is 13.2 Å². The van der Waals surface area contributed by atoms with Gasteiger partial charge in [-0.3, -0.25) is 0 Å². The summed E-state index contributed by atoms with van der Waals surface area (Å²) in [5.41, 5.74) is 0. The van der Waals surface area contributed by atoms with Gasteiger partial charge in [0.25, 0.3) is 0 Å². The number of aliphatic hydroxyl groups excluding tert-OH is 1. The van der Waals surface area contributed by atoms with Crippen LogP contribution >= 0.6 is 0 Å². The largest absolute Gasteiger partial charge is 0.497 e. The maximum absolute atomic E-state index is 9.23. The molecule has 0 aliphatic heterocycles. The predicted molar refractivity (Wildman–Crippen MR) is 54.8 cm³/mol. The molecule has 2 atom stereocenters. The number of hydrogen-bond acceptors (Lipinski definition) is 3. The molecule has 0 saturated heterocycles. The second kappa shape index (κ2) is 4.86. The van der Waals surface area contributed by atoms with Gasteiger partial charge >= 0.3 is 0 Å². The highest BCUT2D eigenvalue weighted by Crippen LogP contribution is 2.18. The standard InChI is InChI=1S/C11H16O3/c1-8(12)9(2)14-11-6-4-10(13-3)5-7-11/h4-9,12H,1-3H3. The van der Waals surface area contributed by atoms with E-state index in [9.17, 15) is 5.11 Å². The monoisotopic (exact) mass is 196 g/mol. The molecule has 0 saturated carbocycles. The van der Waals surface area contributed by atoms with E-state index in [2.05, 4.69) is 0 Å². The Kier molecular flexibility index (Phi) is 3.77. The number of rotatable bonds is 4. The molecule has 1 aromatic carbocycles. The summed E-state index contributed by atoms with van der Waals surface area (Å²) < 4.78 is 10.5. The molecule has 0 heterocycles. The lowest BCUT2D eigenvalue weighted by atomic mass is 10.2. The van der Waals surface area contributed by atoms with Crippen molar-refractivity contribution >= 4 is 0 Å². The Morgan fingerprint density at radius 3 is 2.00 bits per heavy atom. The van der Waals surface area contributed by atoms with Gasteiger partial charge in [-0.25, -0.2) is 0 Å². The van der Waals surface area contributed by atoms with E-state index in [1.807, 2.05) is 31.2 Å². The molecule has 1 N–H and O–H groups in total. The van der Waals surface area contributed by atoms with Gasteiger partial charge in [0, 0.05) is 0 Å². The first-order valence-corrected chi connectivity index (χ1v) is 4.62. The van der Waals surface area contributed by atoms with Gasteiger partial charge < -0.3 is 14.6 Å². The van der Waals surface area contributed by atoms with Crippen LogP contribution in [0, 0.1) is 0 Å². The Morgan fingerprint density at radius 1 is 1.07 bits per heavy atom. The molecular weight excluding hydrogens is 180 g/mol. The van der Waals surface area contributed by atoms with Crippen LogP contribution in [0.3, 0.4) is 0 Å². The van der Waals surface area contributed by atoms with E-state index in [0.717, 1.165) is 11.5 Å². The van der Waals surface area contributed by atoms with Crippen molar-refractivity contribution in [1.82, 2.24) is 0 Å². The van der Waals surface area contributed by atoms with Gasteiger partial charge in [-0.15, -0.1) is 0 Å². The third kappa shape index (κ3) is 2.92. The Hall–Kier alpha value is -1.22. The van der Waals surface area contributed by atoms with Gasteiger partial charge in [-0.1, -0.05) is 0 Å². The molecule has 0 aliphatic carbocycles. The van der Waals surface area contributed by atoms with Crippen molar-refractivity contribution in [2.45, 2.75) is 26.1 Å². The smallest absolute Gasteiger partial charge is 0.121 e. The molecule has 14 heavy (non-hydrogen) atoms. The predicted octanol–water partition coefficient (Wildman–Crippen LogP) is 1.84. The van der Waals surface area contributed by atoms with Crippen LogP contribution in [-0.4, -0.2) is 24.4 Å². The molecule has 0 spiro atoms. The summed E-state index contributed by atoms with van der Waals surface area (Å²) in [6.07, 6.45) is -0.680. The van der Waals surface area contributed by atoms with Crippen LogP contribution in [0.2, 0.25) is 0 Å². The average molecular weight is 196 g/mol. The van der Waals surface area contributed by atoms with Crippen LogP contribution in [0.15, 0.2) is 24.3 Å². The van der Waals surface area contributed by atoms with Gasteiger partial charge in [0.2, 0.25) is 0 Å². The number of aliphatic hydroxyl groups is 1. The quantitative estimate of drug-likeness (QED) is 0.798. The number of hydrogen-bond donors (Lipinski definition) is 1. The zero-order valence-corrected chi connectivity index (χ0v) is 8.73. The first-order valence-electron chi connectivity index (χ1n) is 4.62. The van der Waals surface area contributed by atoms with E-state index in [-0.39, 0.29) is 6.10 Å². The van der Waals surface area contributed by atoms with Gasteiger partial charge in [0.15, 0.2) is 0 Å². The summed E-state index contributed by atoms with van der Waals surface area (Å²) >= 11 is 0. The molecule has 0 amide bonds. The highest BCUT2D eigenvalue weighted by molar-refractivity contribution is 5.31. The maximum Gasteiger partial charge on any atom is 0.121 e. The van der Waals surface area contributed by atoms with Crippen molar-refractivity contribution in [1.29, 1.82) is 0 Å². The van der Waals surface area contributed by atoms with E-state index in [1.165, 1.54) is 0 Å². The van der Waals surface area contributed by atoms with Gasteiger partial charge in [0.1, 0.15) is 17.6 Å². The molecule has 2 unspecified atom stereocenters. The summed E-state index contributed by atoms with van der Waals surface area (Å²) in [5, 5.41) is 9.23. The van der Waals surface area contributed by atoms with E-state index < -0.39 is 6.10 Å². The molecule has 3 heteroatoms. The second-order valence-electron chi connectivity index (χ2n) is 3.24. The number of methoxy groups -OCH3 is 1. The summed E-state index contributed by atoms with van der Waals surface area (Å²) in [5.74, 6) is 1.53. The zero-order chi connectivity index (χ0) is 10.6. The third-order valence-electron chi connectivity index (χ3n) is 2.06. The Balaban J connectivity index is 2.59. The molecule has 78 valence electrons. The van der Waals surface area contributed by atoms with Crippen molar-refractivity contribution in [2.75, 3.05) is 7.11 Å². The Labute approximate surface area is 84.3 Å². The molecular formula is C11H16O3. The molecule has 0 aromatic heterocycles. The summed E-state index contributed by atoms with van der Waals surface area (Å²) in [4.78, 5) is 0. The van der Waals surface area contributed by atoms with Gasteiger partial charge in [-0.2, -0.15) is 0 Å².